The SMILES string of the molecule is O=C(CCOc1ccc(Cl)cc1Cl)NCc1ccc2c(c1)CNC2. The lowest BCUT2D eigenvalue weighted by Crippen LogP contribution is -2.24. The molecule has 0 radical (unpaired) electrons. The molecule has 0 saturated carbocycles. The van der Waals surface area contributed by atoms with Crippen molar-refractivity contribution in [2.45, 2.75) is 26.1 Å². The van der Waals surface area contributed by atoms with E-state index in [9.17, 15) is 4.79 Å². The number of carbonyl (C=O) groups excluding carboxylic acids is 1. The third-order valence-electron chi connectivity index (χ3n) is 3.87. The first-order valence-corrected chi connectivity index (χ1v) is 8.53. The Kier molecular flexibility index (Phi) is 5.61. The first kappa shape index (κ1) is 17.1. The van der Waals surface area contributed by atoms with Gasteiger partial charge in [-0.1, -0.05) is 41.4 Å². The molecule has 126 valence electrons. The van der Waals surface area contributed by atoms with Crippen LogP contribution in [-0.4, -0.2) is 12.5 Å². The van der Waals surface area contributed by atoms with E-state index < -0.39 is 0 Å². The van der Waals surface area contributed by atoms with E-state index in [4.69, 9.17) is 27.9 Å². The minimum absolute atomic E-state index is 0.0568. The van der Waals surface area contributed by atoms with Gasteiger partial charge in [-0.2, -0.15) is 0 Å². The van der Waals surface area contributed by atoms with Crippen LogP contribution in [0.2, 0.25) is 10.0 Å². The van der Waals surface area contributed by atoms with Crippen molar-refractivity contribution in [3.05, 3.63) is 63.1 Å². The van der Waals surface area contributed by atoms with E-state index in [0.717, 1.165) is 18.7 Å². The summed E-state index contributed by atoms with van der Waals surface area (Å²) in [5, 5.41) is 7.21. The number of hydrogen-bond donors (Lipinski definition) is 2. The van der Waals surface area contributed by atoms with Gasteiger partial charge in [0.05, 0.1) is 18.1 Å². The third kappa shape index (κ3) is 4.41. The highest BCUT2D eigenvalue weighted by Gasteiger charge is 2.10. The molecule has 0 saturated heterocycles. The van der Waals surface area contributed by atoms with E-state index in [1.54, 1.807) is 18.2 Å². The molecule has 0 bridgehead atoms. The maximum Gasteiger partial charge on any atom is 0.223 e. The van der Waals surface area contributed by atoms with Gasteiger partial charge in [0.15, 0.2) is 0 Å². The maximum absolute atomic E-state index is 11.9. The molecule has 2 N–H and O–H groups in total. The molecular weight excluding hydrogens is 347 g/mol. The largest absolute Gasteiger partial charge is 0.491 e. The summed E-state index contributed by atoms with van der Waals surface area (Å²) in [5.74, 6) is 0.471. The lowest BCUT2D eigenvalue weighted by molar-refractivity contribution is -0.121. The molecule has 3 rings (SSSR count). The van der Waals surface area contributed by atoms with Crippen molar-refractivity contribution in [3.8, 4) is 5.75 Å². The number of fused-ring (bicyclic) bond motifs is 1. The molecule has 0 atom stereocenters. The van der Waals surface area contributed by atoms with E-state index in [1.165, 1.54) is 11.1 Å². The van der Waals surface area contributed by atoms with Crippen LogP contribution in [0.5, 0.6) is 5.75 Å². The van der Waals surface area contributed by atoms with Gasteiger partial charge in [0.2, 0.25) is 5.91 Å². The number of nitrogens with one attached hydrogen (secondary N) is 2. The number of carbonyl (C=O) groups is 1. The van der Waals surface area contributed by atoms with Gasteiger partial charge in [0.25, 0.3) is 0 Å². The van der Waals surface area contributed by atoms with Crippen LogP contribution in [0.4, 0.5) is 0 Å². The number of hydrogen-bond acceptors (Lipinski definition) is 3. The monoisotopic (exact) mass is 364 g/mol. The van der Waals surface area contributed by atoms with Gasteiger partial charge in [-0.05, 0) is 34.9 Å². The standard InChI is InChI=1S/C18H18Cl2N2O2/c19-15-3-4-17(16(20)8-15)24-6-5-18(23)22-9-12-1-2-13-10-21-11-14(13)7-12/h1-4,7-8,21H,5-6,9-11H2,(H,22,23). The topological polar surface area (TPSA) is 50.4 Å². The van der Waals surface area contributed by atoms with Crippen molar-refractivity contribution in [1.29, 1.82) is 0 Å². The number of halogens is 2. The molecule has 0 unspecified atom stereocenters. The van der Waals surface area contributed by atoms with Crippen LogP contribution in [0.15, 0.2) is 36.4 Å². The van der Waals surface area contributed by atoms with Crippen LogP contribution in [-0.2, 0) is 24.4 Å². The third-order valence-corrected chi connectivity index (χ3v) is 4.40. The Bertz CT molecular complexity index is 750. The van der Waals surface area contributed by atoms with Gasteiger partial charge < -0.3 is 15.4 Å². The van der Waals surface area contributed by atoms with Crippen molar-refractivity contribution < 1.29 is 9.53 Å². The van der Waals surface area contributed by atoms with Crippen molar-refractivity contribution >= 4 is 29.1 Å². The van der Waals surface area contributed by atoms with Crippen LogP contribution in [0, 0.1) is 0 Å². The minimum atomic E-state index is -0.0568. The smallest absolute Gasteiger partial charge is 0.223 e. The molecule has 4 nitrogen and oxygen atoms in total. The van der Waals surface area contributed by atoms with Crippen molar-refractivity contribution in [2.75, 3.05) is 6.61 Å². The summed E-state index contributed by atoms with van der Waals surface area (Å²) >= 11 is 11.8. The van der Waals surface area contributed by atoms with Crippen LogP contribution in [0.3, 0.4) is 0 Å². The summed E-state index contributed by atoms with van der Waals surface area (Å²) in [6, 6.07) is 11.3. The number of benzene rings is 2. The summed E-state index contributed by atoms with van der Waals surface area (Å²) in [6.07, 6.45) is 0.269. The first-order chi connectivity index (χ1) is 11.6. The van der Waals surface area contributed by atoms with Gasteiger partial charge >= 0.3 is 0 Å². The molecule has 0 spiro atoms. The predicted octanol–water partition coefficient (Wildman–Crippen LogP) is 3.68. The summed E-state index contributed by atoms with van der Waals surface area (Å²) < 4.78 is 5.52. The molecule has 0 aliphatic carbocycles. The summed E-state index contributed by atoms with van der Waals surface area (Å²) in [4.78, 5) is 11.9. The van der Waals surface area contributed by atoms with Crippen LogP contribution < -0.4 is 15.4 Å². The molecule has 1 amide bonds. The summed E-state index contributed by atoms with van der Waals surface area (Å²) in [6.45, 7) is 2.61. The number of rotatable bonds is 6. The van der Waals surface area contributed by atoms with E-state index in [0.29, 0.717) is 22.3 Å². The Hall–Kier alpha value is -1.75. The second kappa shape index (κ2) is 7.88. The highest BCUT2D eigenvalue weighted by atomic mass is 35.5. The highest BCUT2D eigenvalue weighted by Crippen LogP contribution is 2.27. The van der Waals surface area contributed by atoms with Gasteiger partial charge in [0.1, 0.15) is 5.75 Å². The van der Waals surface area contributed by atoms with E-state index >= 15 is 0 Å². The summed E-state index contributed by atoms with van der Waals surface area (Å²) in [5.41, 5.74) is 3.74. The van der Waals surface area contributed by atoms with E-state index in [-0.39, 0.29) is 18.9 Å². The number of ether oxygens (including phenoxy) is 1. The molecule has 6 heteroatoms. The second-order valence-corrected chi connectivity index (χ2v) is 6.50. The molecule has 0 fully saturated rings. The lowest BCUT2D eigenvalue weighted by Gasteiger charge is -2.09. The zero-order valence-corrected chi connectivity index (χ0v) is 14.6. The first-order valence-electron chi connectivity index (χ1n) is 7.78. The van der Waals surface area contributed by atoms with Crippen LogP contribution in [0.1, 0.15) is 23.1 Å². The molecule has 24 heavy (non-hydrogen) atoms. The van der Waals surface area contributed by atoms with Gasteiger partial charge in [0, 0.05) is 24.7 Å². The van der Waals surface area contributed by atoms with E-state index in [1.807, 2.05) is 0 Å². The van der Waals surface area contributed by atoms with Crippen molar-refractivity contribution in [3.63, 3.8) is 0 Å². The fourth-order valence-corrected chi connectivity index (χ4v) is 3.06. The van der Waals surface area contributed by atoms with Crippen molar-refractivity contribution in [1.82, 2.24) is 10.6 Å². The Morgan fingerprint density at radius 3 is 2.79 bits per heavy atom. The Morgan fingerprint density at radius 2 is 1.96 bits per heavy atom. The zero-order valence-electron chi connectivity index (χ0n) is 13.1. The van der Waals surface area contributed by atoms with Crippen LogP contribution in [0.25, 0.3) is 0 Å². The molecule has 1 aliphatic rings. The fraction of sp³-hybridized carbons (Fsp3) is 0.278. The summed E-state index contributed by atoms with van der Waals surface area (Å²) in [7, 11) is 0. The maximum atomic E-state index is 11.9. The van der Waals surface area contributed by atoms with E-state index in [2.05, 4.69) is 28.8 Å². The zero-order chi connectivity index (χ0) is 16.9. The predicted molar refractivity (Wildman–Crippen MR) is 95.4 cm³/mol. The molecule has 1 heterocycles. The van der Waals surface area contributed by atoms with Gasteiger partial charge in [-0.3, -0.25) is 4.79 Å². The molecule has 1 aliphatic heterocycles. The average Bonchev–Trinajstić information content (AvgIpc) is 3.02. The molecular formula is C18H18Cl2N2O2. The normalized spacial score (nSPS) is 12.8. The Balaban J connectivity index is 1.43. The minimum Gasteiger partial charge on any atom is -0.491 e. The quantitative estimate of drug-likeness (QED) is 0.821. The van der Waals surface area contributed by atoms with Crippen molar-refractivity contribution in [2.24, 2.45) is 0 Å². The fourth-order valence-electron chi connectivity index (χ4n) is 2.59. The van der Waals surface area contributed by atoms with Gasteiger partial charge in [-0.15, -0.1) is 0 Å². The Labute approximate surface area is 151 Å². The highest BCUT2D eigenvalue weighted by molar-refractivity contribution is 6.35. The molecule has 0 aromatic heterocycles. The molecule has 2 aromatic carbocycles. The second-order valence-electron chi connectivity index (χ2n) is 5.66. The average molecular weight is 365 g/mol. The van der Waals surface area contributed by atoms with Gasteiger partial charge in [-0.25, -0.2) is 0 Å². The number of amides is 1. The van der Waals surface area contributed by atoms with Crippen LogP contribution >= 0.6 is 23.2 Å². The Morgan fingerprint density at radius 1 is 1.12 bits per heavy atom. The molecule has 2 aromatic rings. The lowest BCUT2D eigenvalue weighted by atomic mass is 10.1.